The number of carbonyl (C=O) groups is 1. The lowest BCUT2D eigenvalue weighted by molar-refractivity contribution is -0.141. The molecule has 0 aromatic heterocycles. The molecule has 2 aromatic rings. The Morgan fingerprint density at radius 3 is 2.26 bits per heavy atom. The number of hydrogen-bond acceptors (Lipinski definition) is 5. The Morgan fingerprint density at radius 1 is 1.22 bits per heavy atom. The van der Waals surface area contributed by atoms with Gasteiger partial charge in [-0.1, -0.05) is 29.3 Å². The fourth-order valence-electron chi connectivity index (χ4n) is 2.15. The van der Waals surface area contributed by atoms with Crippen LogP contribution in [0.1, 0.15) is 11.1 Å². The average molecular weight is 416 g/mol. The largest absolute Gasteiger partial charge is 0.496 e. The predicted molar refractivity (Wildman–Crippen MR) is 103 cm³/mol. The molecule has 0 saturated carbocycles. The van der Waals surface area contributed by atoms with E-state index in [2.05, 4.69) is 0 Å². The van der Waals surface area contributed by atoms with Crippen LogP contribution in [0.25, 0.3) is 0 Å². The number of aryl methyl sites for hydroxylation is 1. The summed E-state index contributed by atoms with van der Waals surface area (Å²) < 4.78 is 34.7. The lowest BCUT2D eigenvalue weighted by Crippen LogP contribution is -2.25. The SMILES string of the molecule is COc1ccc(Cl)cc1C[C@@H](CN)C(=O)O.Cc1ccc(S(=O)(=O)O)cc1. The molecule has 9 heteroatoms. The number of ether oxygens (including phenoxy) is 1. The van der Waals surface area contributed by atoms with Gasteiger partial charge in [0.15, 0.2) is 0 Å². The molecule has 0 heterocycles. The molecule has 0 aliphatic carbocycles. The number of nitrogens with two attached hydrogens (primary N) is 1. The van der Waals surface area contributed by atoms with Crippen LogP contribution in [0.15, 0.2) is 47.4 Å². The molecule has 0 unspecified atom stereocenters. The summed E-state index contributed by atoms with van der Waals surface area (Å²) in [5.41, 5.74) is 7.11. The van der Waals surface area contributed by atoms with Crippen molar-refractivity contribution in [2.24, 2.45) is 11.7 Å². The number of halogens is 1. The summed E-state index contributed by atoms with van der Waals surface area (Å²) in [5.74, 6) is -0.902. The van der Waals surface area contributed by atoms with E-state index in [1.165, 1.54) is 19.2 Å². The molecule has 2 rings (SSSR count). The third-order valence-corrected chi connectivity index (χ3v) is 4.76. The highest BCUT2D eigenvalue weighted by molar-refractivity contribution is 7.85. The van der Waals surface area contributed by atoms with Crippen molar-refractivity contribution in [2.75, 3.05) is 13.7 Å². The minimum Gasteiger partial charge on any atom is -0.496 e. The fraction of sp³-hybridized carbons (Fsp3) is 0.278. The van der Waals surface area contributed by atoms with Gasteiger partial charge in [0.1, 0.15) is 5.75 Å². The third-order valence-electron chi connectivity index (χ3n) is 3.66. The molecule has 4 N–H and O–H groups in total. The topological polar surface area (TPSA) is 127 Å². The van der Waals surface area contributed by atoms with E-state index in [9.17, 15) is 13.2 Å². The Balaban J connectivity index is 0.000000289. The Bertz CT molecular complexity index is 868. The van der Waals surface area contributed by atoms with E-state index in [-0.39, 0.29) is 11.4 Å². The van der Waals surface area contributed by atoms with Gasteiger partial charge >= 0.3 is 5.97 Å². The predicted octanol–water partition coefficient (Wildman–Crippen LogP) is 2.79. The second-order valence-electron chi connectivity index (χ2n) is 5.72. The zero-order valence-electron chi connectivity index (χ0n) is 14.9. The van der Waals surface area contributed by atoms with Crippen molar-refractivity contribution < 1.29 is 27.6 Å². The Hall–Kier alpha value is -2.13. The molecule has 0 aliphatic rings. The van der Waals surface area contributed by atoms with Crippen LogP contribution >= 0.6 is 11.6 Å². The first-order valence-electron chi connectivity index (χ1n) is 7.88. The van der Waals surface area contributed by atoms with Gasteiger partial charge in [0.05, 0.1) is 17.9 Å². The van der Waals surface area contributed by atoms with Gasteiger partial charge in [-0.2, -0.15) is 8.42 Å². The van der Waals surface area contributed by atoms with Gasteiger partial charge in [-0.15, -0.1) is 0 Å². The molecular weight excluding hydrogens is 394 g/mol. The molecule has 0 amide bonds. The van der Waals surface area contributed by atoms with E-state index < -0.39 is 22.0 Å². The van der Waals surface area contributed by atoms with Crippen LogP contribution in [0.5, 0.6) is 5.75 Å². The van der Waals surface area contributed by atoms with E-state index in [4.69, 9.17) is 31.7 Å². The van der Waals surface area contributed by atoms with Gasteiger partial charge in [-0.05, 0) is 49.2 Å². The maximum Gasteiger partial charge on any atom is 0.308 e. The van der Waals surface area contributed by atoms with E-state index in [0.29, 0.717) is 17.2 Å². The third kappa shape index (κ3) is 7.56. The van der Waals surface area contributed by atoms with E-state index in [0.717, 1.165) is 11.1 Å². The van der Waals surface area contributed by atoms with Crippen molar-refractivity contribution in [3.8, 4) is 5.75 Å². The van der Waals surface area contributed by atoms with Crippen LogP contribution in [-0.2, 0) is 21.3 Å². The standard InChI is InChI=1S/C11H14ClNO3.C7H8O3S/c1-16-10-3-2-9(12)5-7(10)4-8(6-13)11(14)15;1-6-2-4-7(5-3-6)11(8,9)10/h2-3,5,8H,4,6,13H2,1H3,(H,14,15);2-5H,1H3,(H,8,9,10)/t8-;/m0./s1. The van der Waals surface area contributed by atoms with Crippen LogP contribution in [-0.4, -0.2) is 37.7 Å². The molecule has 7 nitrogen and oxygen atoms in total. The molecule has 0 spiro atoms. The fourth-order valence-corrected chi connectivity index (χ4v) is 2.83. The van der Waals surface area contributed by atoms with E-state index >= 15 is 0 Å². The first-order chi connectivity index (χ1) is 12.6. The summed E-state index contributed by atoms with van der Waals surface area (Å²) in [7, 11) is -2.49. The quantitative estimate of drug-likeness (QED) is 0.619. The van der Waals surface area contributed by atoms with Crippen molar-refractivity contribution in [3.05, 3.63) is 58.6 Å². The van der Waals surface area contributed by atoms with Crippen molar-refractivity contribution in [1.29, 1.82) is 0 Å². The minimum absolute atomic E-state index is 0.0666. The van der Waals surface area contributed by atoms with Crippen LogP contribution in [0.3, 0.4) is 0 Å². The molecule has 148 valence electrons. The van der Waals surface area contributed by atoms with E-state index in [1.807, 2.05) is 6.92 Å². The number of carboxylic acid groups (broad SMARTS) is 1. The maximum atomic E-state index is 10.9. The van der Waals surface area contributed by atoms with Gasteiger partial charge in [-0.25, -0.2) is 0 Å². The monoisotopic (exact) mass is 415 g/mol. The highest BCUT2D eigenvalue weighted by Gasteiger charge is 2.18. The van der Waals surface area contributed by atoms with Crippen LogP contribution in [0.4, 0.5) is 0 Å². The summed E-state index contributed by atoms with van der Waals surface area (Å²) in [5, 5.41) is 9.47. The molecular formula is C18H22ClNO6S. The zero-order valence-corrected chi connectivity index (χ0v) is 16.5. The van der Waals surface area contributed by atoms with Gasteiger partial charge in [0.2, 0.25) is 0 Å². The molecule has 0 saturated heterocycles. The van der Waals surface area contributed by atoms with Gasteiger partial charge in [-0.3, -0.25) is 9.35 Å². The maximum absolute atomic E-state index is 10.9. The molecule has 0 bridgehead atoms. The van der Waals surface area contributed by atoms with Crippen LogP contribution in [0.2, 0.25) is 5.02 Å². The molecule has 0 radical (unpaired) electrons. The van der Waals surface area contributed by atoms with Gasteiger partial charge < -0.3 is 15.6 Å². The summed E-state index contributed by atoms with van der Waals surface area (Å²) in [4.78, 5) is 10.8. The van der Waals surface area contributed by atoms with Gasteiger partial charge in [0.25, 0.3) is 10.1 Å². The summed E-state index contributed by atoms with van der Waals surface area (Å²) >= 11 is 5.85. The van der Waals surface area contributed by atoms with Crippen LogP contribution < -0.4 is 10.5 Å². The van der Waals surface area contributed by atoms with E-state index in [1.54, 1.807) is 30.3 Å². The Labute approximate surface area is 163 Å². The molecule has 1 atom stereocenters. The number of carboxylic acids is 1. The zero-order chi connectivity index (χ0) is 20.6. The second kappa shape index (κ2) is 10.3. The number of aliphatic carboxylic acids is 1. The molecule has 27 heavy (non-hydrogen) atoms. The summed E-state index contributed by atoms with van der Waals surface area (Å²) in [6.07, 6.45) is 0.315. The summed E-state index contributed by atoms with van der Waals surface area (Å²) in [6.45, 7) is 1.93. The smallest absolute Gasteiger partial charge is 0.308 e. The second-order valence-corrected chi connectivity index (χ2v) is 7.58. The highest BCUT2D eigenvalue weighted by atomic mass is 35.5. The number of rotatable bonds is 6. The van der Waals surface area contributed by atoms with Crippen LogP contribution in [0, 0.1) is 12.8 Å². The first kappa shape index (κ1) is 22.9. The normalized spacial score (nSPS) is 11.9. The van der Waals surface area contributed by atoms with Crippen molar-refractivity contribution in [1.82, 2.24) is 0 Å². The number of hydrogen-bond donors (Lipinski definition) is 3. The Morgan fingerprint density at radius 2 is 1.81 bits per heavy atom. The lowest BCUT2D eigenvalue weighted by atomic mass is 9.99. The average Bonchev–Trinajstić information content (AvgIpc) is 2.59. The molecule has 2 aromatic carbocycles. The summed E-state index contributed by atoms with van der Waals surface area (Å²) in [6, 6.07) is 11.1. The van der Waals surface area contributed by atoms with Gasteiger partial charge in [0, 0.05) is 11.6 Å². The number of benzene rings is 2. The molecule has 0 fully saturated rings. The van der Waals surface area contributed by atoms with Crippen molar-refractivity contribution >= 4 is 27.7 Å². The highest BCUT2D eigenvalue weighted by Crippen LogP contribution is 2.25. The molecule has 0 aliphatic heterocycles. The first-order valence-corrected chi connectivity index (χ1v) is 9.69. The number of methoxy groups -OCH3 is 1. The Kier molecular flexibility index (Phi) is 8.71. The minimum atomic E-state index is -4.02. The van der Waals surface area contributed by atoms with Crippen molar-refractivity contribution in [3.63, 3.8) is 0 Å². The van der Waals surface area contributed by atoms with Crippen molar-refractivity contribution in [2.45, 2.75) is 18.2 Å². The lowest BCUT2D eigenvalue weighted by Gasteiger charge is -2.13.